The maximum absolute atomic E-state index is 12.2. The number of fused-ring (bicyclic) bond motifs is 1. The molecule has 0 spiro atoms. The fourth-order valence-electron chi connectivity index (χ4n) is 2.72. The van der Waals surface area contributed by atoms with Crippen LogP contribution in [0.5, 0.6) is 0 Å². The molecule has 3 aromatic rings. The fraction of sp³-hybridized carbons (Fsp3) is 0.250. The van der Waals surface area contributed by atoms with Crippen molar-refractivity contribution >= 4 is 5.91 Å². The van der Waals surface area contributed by atoms with Gasteiger partial charge in [-0.25, -0.2) is 0 Å². The minimum absolute atomic E-state index is 0.185. The molecule has 1 aromatic carbocycles. The average molecular weight is 309 g/mol. The van der Waals surface area contributed by atoms with E-state index in [0.29, 0.717) is 12.2 Å². The van der Waals surface area contributed by atoms with E-state index in [-0.39, 0.29) is 11.7 Å². The molecule has 0 aliphatic carbocycles. The lowest BCUT2D eigenvalue weighted by Crippen LogP contribution is -2.24. The van der Waals surface area contributed by atoms with Crippen LogP contribution in [0.25, 0.3) is 11.3 Å². The Labute approximate surface area is 132 Å². The second-order valence-electron chi connectivity index (χ2n) is 5.41. The van der Waals surface area contributed by atoms with Crippen molar-refractivity contribution in [3.63, 3.8) is 0 Å². The molecule has 0 unspecified atom stereocenters. The van der Waals surface area contributed by atoms with Gasteiger partial charge in [0, 0.05) is 24.6 Å². The van der Waals surface area contributed by atoms with Gasteiger partial charge in [0.05, 0.1) is 6.54 Å². The zero-order chi connectivity index (χ0) is 15.6. The van der Waals surface area contributed by atoms with Crippen LogP contribution < -0.4 is 5.32 Å². The van der Waals surface area contributed by atoms with Crippen LogP contribution in [0.1, 0.15) is 28.6 Å². The second-order valence-corrected chi connectivity index (χ2v) is 5.41. The first-order valence-corrected chi connectivity index (χ1v) is 7.52. The molecular weight excluding hydrogens is 294 g/mol. The number of carbonyl (C=O) groups excluding carboxylic acids is 1. The molecule has 0 radical (unpaired) electrons. The highest BCUT2D eigenvalue weighted by Crippen LogP contribution is 2.18. The molecule has 0 saturated carbocycles. The van der Waals surface area contributed by atoms with Crippen LogP contribution in [0.15, 0.2) is 40.9 Å². The van der Waals surface area contributed by atoms with Gasteiger partial charge in [-0.05, 0) is 6.42 Å². The van der Waals surface area contributed by atoms with Crippen molar-refractivity contribution in [3.8, 4) is 11.3 Å². The standard InChI is InChI=1S/C16H15N5O2/c22-16(17-10-15-19-18-14-7-4-8-21(14)15)13-9-12(20-23-13)11-5-2-1-3-6-11/h1-3,5-6,9H,4,7-8,10H2,(H,17,22). The summed E-state index contributed by atoms with van der Waals surface area (Å²) in [5.41, 5.74) is 1.55. The van der Waals surface area contributed by atoms with Crippen LogP contribution in [0.2, 0.25) is 0 Å². The lowest BCUT2D eigenvalue weighted by atomic mass is 10.1. The van der Waals surface area contributed by atoms with Gasteiger partial charge in [0.25, 0.3) is 5.91 Å². The molecule has 1 aliphatic heterocycles. The lowest BCUT2D eigenvalue weighted by Gasteiger charge is -2.03. The van der Waals surface area contributed by atoms with Gasteiger partial charge >= 0.3 is 0 Å². The van der Waals surface area contributed by atoms with Crippen molar-refractivity contribution in [3.05, 3.63) is 53.8 Å². The highest BCUT2D eigenvalue weighted by atomic mass is 16.5. The Kier molecular flexibility index (Phi) is 3.38. The summed E-state index contributed by atoms with van der Waals surface area (Å²) >= 11 is 0. The number of hydrogen-bond acceptors (Lipinski definition) is 5. The molecule has 0 atom stereocenters. The van der Waals surface area contributed by atoms with Gasteiger partial charge in [0.1, 0.15) is 11.5 Å². The summed E-state index contributed by atoms with van der Waals surface area (Å²) in [7, 11) is 0. The van der Waals surface area contributed by atoms with E-state index in [9.17, 15) is 4.79 Å². The van der Waals surface area contributed by atoms with Gasteiger partial charge in [-0.1, -0.05) is 35.5 Å². The predicted octanol–water partition coefficient (Wildman–Crippen LogP) is 1.81. The van der Waals surface area contributed by atoms with E-state index in [0.717, 1.165) is 36.6 Å². The summed E-state index contributed by atoms with van der Waals surface area (Å²) in [4.78, 5) is 12.2. The minimum Gasteiger partial charge on any atom is -0.350 e. The van der Waals surface area contributed by atoms with Gasteiger partial charge in [0.15, 0.2) is 5.82 Å². The Morgan fingerprint density at radius 3 is 3.00 bits per heavy atom. The molecule has 1 N–H and O–H groups in total. The molecule has 3 heterocycles. The lowest BCUT2D eigenvalue weighted by molar-refractivity contribution is 0.0912. The van der Waals surface area contributed by atoms with Crippen LogP contribution in [0.4, 0.5) is 0 Å². The summed E-state index contributed by atoms with van der Waals surface area (Å²) in [6.45, 7) is 1.24. The molecule has 7 heteroatoms. The van der Waals surface area contributed by atoms with Gasteiger partial charge in [-0.2, -0.15) is 0 Å². The van der Waals surface area contributed by atoms with E-state index in [1.165, 1.54) is 0 Å². The predicted molar refractivity (Wildman–Crippen MR) is 81.5 cm³/mol. The molecule has 1 amide bonds. The van der Waals surface area contributed by atoms with Gasteiger partial charge in [0.2, 0.25) is 5.76 Å². The van der Waals surface area contributed by atoms with Crippen LogP contribution in [0, 0.1) is 0 Å². The fourth-order valence-corrected chi connectivity index (χ4v) is 2.72. The zero-order valence-electron chi connectivity index (χ0n) is 12.4. The first-order chi connectivity index (χ1) is 11.3. The van der Waals surface area contributed by atoms with E-state index in [2.05, 4.69) is 25.2 Å². The second kappa shape index (κ2) is 5.68. The molecule has 4 rings (SSSR count). The van der Waals surface area contributed by atoms with Crippen LogP contribution >= 0.6 is 0 Å². The van der Waals surface area contributed by atoms with E-state index in [1.807, 2.05) is 30.3 Å². The van der Waals surface area contributed by atoms with Crippen molar-refractivity contribution in [1.82, 2.24) is 25.2 Å². The van der Waals surface area contributed by atoms with Crippen molar-refractivity contribution in [2.45, 2.75) is 25.9 Å². The maximum Gasteiger partial charge on any atom is 0.290 e. The third-order valence-corrected chi connectivity index (χ3v) is 3.90. The number of amides is 1. The smallest absolute Gasteiger partial charge is 0.290 e. The Morgan fingerprint density at radius 2 is 2.13 bits per heavy atom. The van der Waals surface area contributed by atoms with E-state index >= 15 is 0 Å². The SMILES string of the molecule is O=C(NCc1nnc2n1CCC2)c1cc(-c2ccccc2)no1. The number of benzene rings is 1. The number of aromatic nitrogens is 4. The highest BCUT2D eigenvalue weighted by molar-refractivity contribution is 5.92. The Bertz CT molecular complexity index is 837. The summed E-state index contributed by atoms with van der Waals surface area (Å²) < 4.78 is 7.19. The minimum atomic E-state index is -0.310. The number of aryl methyl sites for hydroxylation is 1. The van der Waals surface area contributed by atoms with Gasteiger partial charge in [-0.15, -0.1) is 10.2 Å². The Balaban J connectivity index is 1.44. The summed E-state index contributed by atoms with van der Waals surface area (Å²) in [5.74, 6) is 1.63. The topological polar surface area (TPSA) is 85.8 Å². The Hall–Kier alpha value is -2.96. The first-order valence-electron chi connectivity index (χ1n) is 7.52. The molecular formula is C16H15N5O2. The molecule has 0 fully saturated rings. The van der Waals surface area contributed by atoms with E-state index in [1.54, 1.807) is 6.07 Å². The number of rotatable bonds is 4. The highest BCUT2D eigenvalue weighted by Gasteiger charge is 2.19. The van der Waals surface area contributed by atoms with Crippen LogP contribution in [-0.4, -0.2) is 25.8 Å². The molecule has 0 saturated heterocycles. The third kappa shape index (κ3) is 2.61. The van der Waals surface area contributed by atoms with Crippen molar-refractivity contribution in [1.29, 1.82) is 0 Å². The summed E-state index contributed by atoms with van der Waals surface area (Å²) in [5, 5.41) is 15.0. The van der Waals surface area contributed by atoms with Crippen LogP contribution in [-0.2, 0) is 19.5 Å². The zero-order valence-corrected chi connectivity index (χ0v) is 12.4. The molecule has 1 aliphatic rings. The average Bonchev–Trinajstić information content (AvgIpc) is 3.30. The number of hydrogen-bond donors (Lipinski definition) is 1. The monoisotopic (exact) mass is 309 g/mol. The largest absolute Gasteiger partial charge is 0.350 e. The number of nitrogens with one attached hydrogen (secondary N) is 1. The normalized spacial score (nSPS) is 13.0. The van der Waals surface area contributed by atoms with E-state index < -0.39 is 0 Å². The molecule has 0 bridgehead atoms. The molecule has 2 aromatic heterocycles. The molecule has 7 nitrogen and oxygen atoms in total. The molecule has 23 heavy (non-hydrogen) atoms. The number of nitrogens with zero attached hydrogens (tertiary/aromatic N) is 4. The van der Waals surface area contributed by atoms with Gasteiger partial charge < -0.3 is 14.4 Å². The summed E-state index contributed by atoms with van der Waals surface area (Å²) in [6, 6.07) is 11.2. The quantitative estimate of drug-likeness (QED) is 0.794. The maximum atomic E-state index is 12.2. The van der Waals surface area contributed by atoms with E-state index in [4.69, 9.17) is 4.52 Å². The number of carbonyl (C=O) groups is 1. The Morgan fingerprint density at radius 1 is 1.26 bits per heavy atom. The first kappa shape index (κ1) is 13.7. The van der Waals surface area contributed by atoms with Gasteiger partial charge in [-0.3, -0.25) is 4.79 Å². The summed E-state index contributed by atoms with van der Waals surface area (Å²) in [6.07, 6.45) is 2.03. The molecule has 116 valence electrons. The van der Waals surface area contributed by atoms with Crippen molar-refractivity contribution in [2.24, 2.45) is 0 Å². The van der Waals surface area contributed by atoms with Crippen molar-refractivity contribution < 1.29 is 9.32 Å². The third-order valence-electron chi connectivity index (χ3n) is 3.90. The van der Waals surface area contributed by atoms with Crippen LogP contribution in [0.3, 0.4) is 0 Å². The van der Waals surface area contributed by atoms with Crippen molar-refractivity contribution in [2.75, 3.05) is 0 Å².